The maximum absolute atomic E-state index is 13.6. The summed E-state index contributed by atoms with van der Waals surface area (Å²) in [7, 11) is 0. The predicted molar refractivity (Wildman–Crippen MR) is 167 cm³/mol. The van der Waals surface area contributed by atoms with Crippen LogP contribution in [0.5, 0.6) is 0 Å². The van der Waals surface area contributed by atoms with Crippen LogP contribution in [0.25, 0.3) is 22.2 Å². The fourth-order valence-electron chi connectivity index (χ4n) is 5.47. The van der Waals surface area contributed by atoms with Gasteiger partial charge < -0.3 is 9.51 Å². The van der Waals surface area contributed by atoms with Gasteiger partial charge in [0.2, 0.25) is 5.13 Å². The highest BCUT2D eigenvalue weighted by atomic mass is 32.2. The van der Waals surface area contributed by atoms with Crippen LogP contribution in [-0.4, -0.2) is 41.4 Å². The standard InChI is InChI=1S/C32H24N6O3S2/c1-18-8-7-15-37-19(2)25(34-29(18)37)27(39)24-26(21-12-6-14-33-16-21)38(30(41)28(24)40)31-35-36-32(43-31)42-17-22-11-5-10-20-9-3-4-13-23(20)22/h3-16,26,39H,17H2,1-2H3. The summed E-state index contributed by atoms with van der Waals surface area (Å²) in [5, 5.41) is 22.9. The van der Waals surface area contributed by atoms with Crippen molar-refractivity contribution in [1.29, 1.82) is 0 Å². The van der Waals surface area contributed by atoms with E-state index in [9.17, 15) is 14.7 Å². The number of hydrogen-bond donors (Lipinski definition) is 1. The Bertz CT molecular complexity index is 2080. The predicted octanol–water partition coefficient (Wildman–Crippen LogP) is 6.27. The van der Waals surface area contributed by atoms with Gasteiger partial charge in [0.25, 0.3) is 5.78 Å². The summed E-state index contributed by atoms with van der Waals surface area (Å²) >= 11 is 2.74. The number of nitrogens with zero attached hydrogens (tertiary/aromatic N) is 6. The van der Waals surface area contributed by atoms with E-state index >= 15 is 0 Å². The summed E-state index contributed by atoms with van der Waals surface area (Å²) in [6.07, 6.45) is 5.03. The molecule has 6 aromatic rings. The minimum atomic E-state index is -0.956. The minimum absolute atomic E-state index is 0.0673. The van der Waals surface area contributed by atoms with Gasteiger partial charge in [-0.25, -0.2) is 4.98 Å². The highest BCUT2D eigenvalue weighted by Gasteiger charge is 2.49. The number of amides is 1. The lowest BCUT2D eigenvalue weighted by Gasteiger charge is -2.21. The van der Waals surface area contributed by atoms with Crippen LogP contribution in [0.15, 0.2) is 95.2 Å². The number of anilines is 1. The molecule has 1 aliphatic heterocycles. The van der Waals surface area contributed by atoms with Crippen molar-refractivity contribution >= 4 is 62.1 Å². The molecule has 1 saturated heterocycles. The number of carbonyl (C=O) groups excluding carboxylic acids is 2. The van der Waals surface area contributed by atoms with E-state index in [1.807, 2.05) is 54.8 Å². The van der Waals surface area contributed by atoms with E-state index < -0.39 is 17.7 Å². The van der Waals surface area contributed by atoms with Crippen molar-refractivity contribution in [1.82, 2.24) is 24.6 Å². The SMILES string of the molecule is Cc1cccn2c(C)c(C(O)=C3C(=O)C(=O)N(c4nnc(SCc5cccc6ccccc56)s4)C3c3cccnc3)nc12. The lowest BCUT2D eigenvalue weighted by Crippen LogP contribution is -2.29. The second kappa shape index (κ2) is 10.8. The van der Waals surface area contributed by atoms with Crippen LogP contribution in [0, 0.1) is 13.8 Å². The first kappa shape index (κ1) is 27.0. The number of pyridine rings is 2. The third-order valence-corrected chi connectivity index (χ3v) is 9.69. The number of aliphatic hydroxyl groups is 1. The number of aliphatic hydroxyl groups excluding tert-OH is 1. The Morgan fingerprint density at radius 3 is 2.65 bits per heavy atom. The molecular formula is C32H24N6O3S2. The number of rotatable bonds is 6. The maximum Gasteiger partial charge on any atom is 0.301 e. The Morgan fingerprint density at radius 2 is 1.84 bits per heavy atom. The fourth-order valence-corrected chi connectivity index (χ4v) is 7.34. The third kappa shape index (κ3) is 4.57. The molecule has 1 unspecified atom stereocenters. The van der Waals surface area contributed by atoms with Crippen molar-refractivity contribution in [2.75, 3.05) is 4.90 Å². The first-order chi connectivity index (χ1) is 20.9. The van der Waals surface area contributed by atoms with Gasteiger partial charge >= 0.3 is 5.91 Å². The van der Waals surface area contributed by atoms with Crippen LogP contribution in [0.2, 0.25) is 0 Å². The van der Waals surface area contributed by atoms with E-state index in [1.54, 1.807) is 24.5 Å². The number of imidazole rings is 1. The minimum Gasteiger partial charge on any atom is -0.505 e. The van der Waals surface area contributed by atoms with Gasteiger partial charge in [0, 0.05) is 24.3 Å². The van der Waals surface area contributed by atoms with Crippen molar-refractivity contribution in [2.24, 2.45) is 0 Å². The summed E-state index contributed by atoms with van der Waals surface area (Å²) in [5.74, 6) is -1.30. The van der Waals surface area contributed by atoms with Gasteiger partial charge in [-0.05, 0) is 53.4 Å². The molecule has 1 aliphatic rings. The van der Waals surface area contributed by atoms with E-state index in [-0.39, 0.29) is 22.2 Å². The van der Waals surface area contributed by atoms with Crippen molar-refractivity contribution < 1.29 is 14.7 Å². The molecule has 0 bridgehead atoms. The van der Waals surface area contributed by atoms with E-state index in [4.69, 9.17) is 0 Å². The lowest BCUT2D eigenvalue weighted by atomic mass is 9.98. The lowest BCUT2D eigenvalue weighted by molar-refractivity contribution is -0.132. The maximum atomic E-state index is 13.6. The first-order valence-electron chi connectivity index (χ1n) is 13.5. The zero-order valence-electron chi connectivity index (χ0n) is 23.1. The Hall–Kier alpha value is -4.87. The van der Waals surface area contributed by atoms with Crippen LogP contribution in [0.1, 0.15) is 34.1 Å². The molecule has 212 valence electrons. The third-order valence-electron chi connectivity index (χ3n) is 7.59. The Kier molecular flexibility index (Phi) is 6.75. The molecule has 0 aliphatic carbocycles. The molecule has 7 rings (SSSR count). The molecule has 1 fully saturated rings. The average Bonchev–Trinajstić information content (AvgIpc) is 3.71. The van der Waals surface area contributed by atoms with Crippen LogP contribution in [0.4, 0.5) is 5.13 Å². The second-order valence-corrected chi connectivity index (χ2v) is 12.3. The molecule has 1 N–H and O–H groups in total. The van der Waals surface area contributed by atoms with E-state index in [2.05, 4.69) is 44.4 Å². The van der Waals surface area contributed by atoms with Gasteiger partial charge in [-0.2, -0.15) is 0 Å². The number of fused-ring (bicyclic) bond motifs is 2. The number of aryl methyl sites for hydroxylation is 2. The summed E-state index contributed by atoms with van der Waals surface area (Å²) in [5.41, 5.74) is 4.11. The van der Waals surface area contributed by atoms with Gasteiger partial charge in [-0.15, -0.1) is 10.2 Å². The molecule has 0 spiro atoms. The molecule has 0 saturated carbocycles. The van der Waals surface area contributed by atoms with Gasteiger partial charge in [-0.1, -0.05) is 77.7 Å². The Labute approximate surface area is 254 Å². The van der Waals surface area contributed by atoms with Crippen LogP contribution < -0.4 is 4.90 Å². The molecule has 43 heavy (non-hydrogen) atoms. The number of benzene rings is 2. The fraction of sp³-hybridized carbons (Fsp3) is 0.125. The summed E-state index contributed by atoms with van der Waals surface area (Å²) in [6, 6.07) is 20.7. The van der Waals surface area contributed by atoms with Gasteiger partial charge in [-0.3, -0.25) is 19.5 Å². The molecule has 1 atom stereocenters. The molecule has 5 heterocycles. The van der Waals surface area contributed by atoms with Crippen LogP contribution >= 0.6 is 23.1 Å². The number of ketones is 1. The number of hydrogen-bond acceptors (Lipinski definition) is 9. The molecule has 2 aromatic carbocycles. The zero-order valence-corrected chi connectivity index (χ0v) is 24.8. The normalized spacial score (nSPS) is 16.5. The highest BCUT2D eigenvalue weighted by molar-refractivity contribution is 8.00. The quantitative estimate of drug-likeness (QED) is 0.0778. The smallest absolute Gasteiger partial charge is 0.301 e. The van der Waals surface area contributed by atoms with Crippen molar-refractivity contribution in [2.45, 2.75) is 30.0 Å². The largest absolute Gasteiger partial charge is 0.505 e. The number of carbonyl (C=O) groups is 2. The Morgan fingerprint density at radius 1 is 1.00 bits per heavy atom. The van der Waals surface area contributed by atoms with Crippen LogP contribution in [-0.2, 0) is 15.3 Å². The van der Waals surface area contributed by atoms with E-state index in [0.717, 1.165) is 16.5 Å². The van der Waals surface area contributed by atoms with Gasteiger partial charge in [0.15, 0.2) is 10.1 Å². The molecule has 11 heteroatoms. The van der Waals surface area contributed by atoms with E-state index in [0.29, 0.717) is 27.0 Å². The second-order valence-electron chi connectivity index (χ2n) is 10.2. The molecular weight excluding hydrogens is 581 g/mol. The van der Waals surface area contributed by atoms with Crippen LogP contribution in [0.3, 0.4) is 0 Å². The number of thioether (sulfide) groups is 1. The molecule has 1 amide bonds. The topological polar surface area (TPSA) is 114 Å². The summed E-state index contributed by atoms with van der Waals surface area (Å²) < 4.78 is 2.51. The van der Waals surface area contributed by atoms with Crippen molar-refractivity contribution in [3.05, 3.63) is 119 Å². The summed E-state index contributed by atoms with van der Waals surface area (Å²) in [6.45, 7) is 3.74. The number of aromatic nitrogens is 5. The Balaban J connectivity index is 1.28. The summed E-state index contributed by atoms with van der Waals surface area (Å²) in [4.78, 5) is 37.4. The monoisotopic (exact) mass is 604 g/mol. The van der Waals surface area contributed by atoms with E-state index in [1.165, 1.54) is 33.4 Å². The van der Waals surface area contributed by atoms with Crippen molar-refractivity contribution in [3.63, 3.8) is 0 Å². The molecule has 0 radical (unpaired) electrons. The van der Waals surface area contributed by atoms with Gasteiger partial charge in [0.1, 0.15) is 11.3 Å². The molecule has 9 nitrogen and oxygen atoms in total. The molecule has 4 aromatic heterocycles. The average molecular weight is 605 g/mol. The number of Topliss-reactive ketones (excluding diaryl/α,β-unsaturated/α-hetero) is 1. The zero-order chi connectivity index (χ0) is 29.7. The first-order valence-corrected chi connectivity index (χ1v) is 15.3. The van der Waals surface area contributed by atoms with Crippen molar-refractivity contribution in [3.8, 4) is 0 Å². The highest BCUT2D eigenvalue weighted by Crippen LogP contribution is 2.44. The van der Waals surface area contributed by atoms with Gasteiger partial charge in [0.05, 0.1) is 17.3 Å².